The Labute approximate surface area is 142 Å². The molecule has 1 aliphatic carbocycles. The minimum atomic E-state index is -0.940. The molecule has 2 N–H and O–H groups in total. The molecule has 4 rings (SSSR count). The number of carbonyl (C=O) groups excluding carboxylic acids is 1. The highest BCUT2D eigenvalue weighted by Gasteiger charge is 2.43. The van der Waals surface area contributed by atoms with Crippen molar-refractivity contribution in [2.75, 3.05) is 5.32 Å². The van der Waals surface area contributed by atoms with Crippen LogP contribution in [0.2, 0.25) is 0 Å². The Morgan fingerprint density at radius 2 is 1.96 bits per heavy atom. The fourth-order valence-corrected chi connectivity index (χ4v) is 3.58. The number of fused-ring (bicyclic) bond motifs is 1. The summed E-state index contributed by atoms with van der Waals surface area (Å²) in [5.74, 6) is -0.825. The summed E-state index contributed by atoms with van der Waals surface area (Å²) in [4.78, 5) is 23.3. The third-order valence-electron chi connectivity index (χ3n) is 4.34. The number of hydrogen-bond acceptors (Lipinski definition) is 4. The average Bonchev–Trinajstić information content (AvgIpc) is 3.25. The highest BCUT2D eigenvalue weighted by molar-refractivity contribution is 7.13. The summed E-state index contributed by atoms with van der Waals surface area (Å²) in [7, 11) is 0. The lowest BCUT2D eigenvalue weighted by Crippen LogP contribution is -2.14. The van der Waals surface area contributed by atoms with Crippen molar-refractivity contribution in [3.05, 3.63) is 59.8 Å². The quantitative estimate of drug-likeness (QED) is 0.759. The van der Waals surface area contributed by atoms with Crippen LogP contribution in [0.5, 0.6) is 0 Å². The van der Waals surface area contributed by atoms with Gasteiger partial charge in [0.2, 0.25) is 5.91 Å². The molecular formula is C18H14N2O3S. The molecular weight excluding hydrogens is 324 g/mol. The zero-order valence-corrected chi connectivity index (χ0v) is 13.4. The number of aromatic nitrogens is 1. The second kappa shape index (κ2) is 5.72. The van der Waals surface area contributed by atoms with Crippen molar-refractivity contribution in [1.29, 1.82) is 0 Å². The monoisotopic (exact) mass is 338 g/mol. The molecule has 1 amide bonds. The molecule has 0 bridgehead atoms. The minimum absolute atomic E-state index is 0.00572. The predicted molar refractivity (Wildman–Crippen MR) is 92.5 cm³/mol. The number of amides is 1. The average molecular weight is 338 g/mol. The van der Waals surface area contributed by atoms with E-state index >= 15 is 0 Å². The number of benzene rings is 2. The molecule has 1 aliphatic rings. The second-order valence-corrected chi connectivity index (χ2v) is 6.78. The summed E-state index contributed by atoms with van der Waals surface area (Å²) in [6.07, 6.45) is 2.60. The molecule has 0 spiro atoms. The van der Waals surface area contributed by atoms with Crippen molar-refractivity contribution in [1.82, 2.24) is 4.37 Å². The highest BCUT2D eigenvalue weighted by atomic mass is 32.1. The van der Waals surface area contributed by atoms with Gasteiger partial charge in [-0.2, -0.15) is 4.37 Å². The lowest BCUT2D eigenvalue weighted by molar-refractivity contribution is -0.117. The van der Waals surface area contributed by atoms with Crippen LogP contribution in [0, 0.1) is 5.92 Å². The van der Waals surface area contributed by atoms with Crippen LogP contribution in [-0.2, 0) is 4.79 Å². The summed E-state index contributed by atoms with van der Waals surface area (Å²) >= 11 is 1.40. The molecule has 2 unspecified atom stereocenters. The van der Waals surface area contributed by atoms with Crippen LogP contribution in [0.15, 0.2) is 48.7 Å². The van der Waals surface area contributed by atoms with Crippen molar-refractivity contribution in [3.8, 4) is 0 Å². The van der Waals surface area contributed by atoms with Crippen LogP contribution in [0.1, 0.15) is 28.3 Å². The van der Waals surface area contributed by atoms with Crippen molar-refractivity contribution in [2.24, 2.45) is 5.92 Å². The van der Waals surface area contributed by atoms with E-state index in [-0.39, 0.29) is 23.3 Å². The summed E-state index contributed by atoms with van der Waals surface area (Å²) in [6, 6.07) is 12.5. The molecule has 2 aromatic carbocycles. The number of carboxylic acids is 1. The number of rotatable bonds is 4. The Bertz CT molecular complexity index is 933. The van der Waals surface area contributed by atoms with Gasteiger partial charge in [0.25, 0.3) is 0 Å². The van der Waals surface area contributed by atoms with Gasteiger partial charge in [-0.3, -0.25) is 4.79 Å². The van der Waals surface area contributed by atoms with Gasteiger partial charge < -0.3 is 10.4 Å². The van der Waals surface area contributed by atoms with E-state index < -0.39 is 5.97 Å². The molecule has 120 valence electrons. The number of nitrogens with zero attached hydrogens (tertiary/aromatic N) is 1. The zero-order chi connectivity index (χ0) is 16.7. The normalized spacial score (nSPS) is 19.2. The van der Waals surface area contributed by atoms with Gasteiger partial charge >= 0.3 is 5.97 Å². The molecule has 3 aromatic rings. The van der Waals surface area contributed by atoms with E-state index in [0.717, 1.165) is 27.8 Å². The largest absolute Gasteiger partial charge is 0.478 e. The topological polar surface area (TPSA) is 79.3 Å². The van der Waals surface area contributed by atoms with Crippen LogP contribution in [0.25, 0.3) is 10.1 Å². The van der Waals surface area contributed by atoms with Gasteiger partial charge in [-0.15, -0.1) is 0 Å². The first kappa shape index (κ1) is 14.8. The van der Waals surface area contributed by atoms with Crippen molar-refractivity contribution < 1.29 is 14.7 Å². The Morgan fingerprint density at radius 1 is 1.17 bits per heavy atom. The zero-order valence-electron chi connectivity index (χ0n) is 12.6. The number of carboxylic acid groups (broad SMARTS) is 1. The first-order valence-corrected chi connectivity index (χ1v) is 8.38. The highest BCUT2D eigenvalue weighted by Crippen LogP contribution is 2.48. The second-order valence-electron chi connectivity index (χ2n) is 5.94. The molecule has 5 nitrogen and oxygen atoms in total. The van der Waals surface area contributed by atoms with E-state index in [1.54, 1.807) is 24.3 Å². The van der Waals surface area contributed by atoms with Crippen molar-refractivity contribution >= 4 is 39.2 Å². The molecule has 6 heteroatoms. The van der Waals surface area contributed by atoms with Gasteiger partial charge in [-0.05, 0) is 59.8 Å². The van der Waals surface area contributed by atoms with Crippen LogP contribution < -0.4 is 5.32 Å². The first-order valence-electron chi connectivity index (χ1n) is 7.60. The van der Waals surface area contributed by atoms with Gasteiger partial charge in [0.05, 0.1) is 10.3 Å². The van der Waals surface area contributed by atoms with E-state index in [4.69, 9.17) is 5.11 Å². The Balaban J connectivity index is 1.43. The fourth-order valence-electron chi connectivity index (χ4n) is 2.90. The molecule has 0 radical (unpaired) electrons. The predicted octanol–water partition coefficient (Wildman–Crippen LogP) is 3.74. The molecule has 1 fully saturated rings. The molecule has 2 atom stereocenters. The van der Waals surface area contributed by atoms with Crippen LogP contribution in [-0.4, -0.2) is 21.4 Å². The van der Waals surface area contributed by atoms with Crippen molar-refractivity contribution in [2.45, 2.75) is 12.3 Å². The van der Waals surface area contributed by atoms with E-state index in [0.29, 0.717) is 0 Å². The summed E-state index contributed by atoms with van der Waals surface area (Å²) in [6.45, 7) is 0. The number of hydrogen-bond donors (Lipinski definition) is 2. The maximum absolute atomic E-state index is 12.4. The SMILES string of the molecule is O=C(O)c1ccc(C2CC2C(=O)Nc2ccc3cnsc3c2)cc1. The molecule has 1 saturated carbocycles. The maximum atomic E-state index is 12.4. The van der Waals surface area contributed by atoms with Gasteiger partial charge in [0.1, 0.15) is 0 Å². The third kappa shape index (κ3) is 2.76. The number of anilines is 1. The lowest BCUT2D eigenvalue weighted by Gasteiger charge is -2.05. The summed E-state index contributed by atoms with van der Waals surface area (Å²) in [5, 5.41) is 13.0. The van der Waals surface area contributed by atoms with Gasteiger partial charge in [-0.1, -0.05) is 12.1 Å². The Kier molecular flexibility index (Phi) is 3.54. The lowest BCUT2D eigenvalue weighted by atomic mass is 10.1. The standard InChI is InChI=1S/C18H14N2O3S/c21-17(20-13-6-5-12-9-19-24-16(12)7-13)15-8-14(15)10-1-3-11(4-2-10)18(22)23/h1-7,9,14-15H,8H2,(H,20,21)(H,22,23). The van der Waals surface area contributed by atoms with E-state index in [2.05, 4.69) is 9.69 Å². The number of aromatic carboxylic acids is 1. The number of carbonyl (C=O) groups is 2. The number of nitrogens with one attached hydrogen (secondary N) is 1. The fraction of sp³-hybridized carbons (Fsp3) is 0.167. The Morgan fingerprint density at radius 3 is 2.71 bits per heavy atom. The van der Waals surface area contributed by atoms with Crippen molar-refractivity contribution in [3.63, 3.8) is 0 Å². The van der Waals surface area contributed by atoms with Gasteiger partial charge in [0, 0.05) is 23.2 Å². The van der Waals surface area contributed by atoms with E-state index in [9.17, 15) is 9.59 Å². The van der Waals surface area contributed by atoms with Gasteiger partial charge in [0.15, 0.2) is 0 Å². The van der Waals surface area contributed by atoms with Gasteiger partial charge in [-0.25, -0.2) is 4.79 Å². The summed E-state index contributed by atoms with van der Waals surface area (Å²) < 4.78 is 5.17. The molecule has 0 saturated heterocycles. The van der Waals surface area contributed by atoms with Crippen LogP contribution in [0.3, 0.4) is 0 Å². The third-order valence-corrected chi connectivity index (χ3v) is 5.10. The molecule has 1 heterocycles. The first-order chi connectivity index (χ1) is 11.6. The molecule has 0 aliphatic heterocycles. The maximum Gasteiger partial charge on any atom is 0.335 e. The molecule has 1 aromatic heterocycles. The van der Waals surface area contributed by atoms with Crippen LogP contribution >= 0.6 is 11.5 Å². The van der Waals surface area contributed by atoms with E-state index in [1.165, 1.54) is 11.5 Å². The molecule has 24 heavy (non-hydrogen) atoms. The smallest absolute Gasteiger partial charge is 0.335 e. The summed E-state index contributed by atoms with van der Waals surface area (Å²) in [5.41, 5.74) is 2.06. The van der Waals surface area contributed by atoms with Crippen LogP contribution in [0.4, 0.5) is 5.69 Å². The van der Waals surface area contributed by atoms with E-state index in [1.807, 2.05) is 24.4 Å². The minimum Gasteiger partial charge on any atom is -0.478 e. The Hall–Kier alpha value is -2.73.